The van der Waals surface area contributed by atoms with E-state index in [9.17, 15) is 22.4 Å². The molecule has 8 nitrogen and oxygen atoms in total. The standard InChI is InChI=1S/C20H18F4N6O2/c1-12-16(32-19-25-10-13(11-26-19)20(22,23)24)6-3-9-29(12)18(31)17-14(21)4-2-5-15(17)30-27-7-8-28-30/h2,4-5,7-8,10-12,16H,3,6,9H2,1H3/t12-,16+/m0/s1. The largest absolute Gasteiger partial charge is 0.458 e. The number of benzene rings is 1. The molecule has 0 bridgehead atoms. The van der Waals surface area contributed by atoms with Crippen LogP contribution in [0, 0.1) is 5.82 Å². The number of piperidine rings is 1. The normalized spacial score (nSPS) is 19.1. The van der Waals surface area contributed by atoms with Crippen LogP contribution in [0.25, 0.3) is 5.69 Å². The van der Waals surface area contributed by atoms with Gasteiger partial charge in [-0.1, -0.05) is 6.07 Å². The molecule has 0 saturated carbocycles. The summed E-state index contributed by atoms with van der Waals surface area (Å²) in [6.45, 7) is 2.08. The Bertz CT molecular complexity index is 1090. The zero-order chi connectivity index (χ0) is 22.9. The molecule has 1 saturated heterocycles. The Morgan fingerprint density at radius 2 is 1.84 bits per heavy atom. The van der Waals surface area contributed by atoms with Crippen molar-refractivity contribution >= 4 is 5.91 Å². The monoisotopic (exact) mass is 450 g/mol. The maximum absolute atomic E-state index is 14.7. The van der Waals surface area contributed by atoms with Gasteiger partial charge in [0.15, 0.2) is 0 Å². The quantitative estimate of drug-likeness (QED) is 0.567. The molecule has 12 heteroatoms. The fraction of sp³-hybridized carbons (Fsp3) is 0.350. The lowest BCUT2D eigenvalue weighted by Crippen LogP contribution is -2.51. The molecule has 3 aromatic rings. The molecule has 2 aromatic heterocycles. The molecular weight excluding hydrogens is 432 g/mol. The number of likely N-dealkylation sites (tertiary alicyclic amines) is 1. The van der Waals surface area contributed by atoms with Crippen LogP contribution < -0.4 is 4.74 Å². The molecule has 168 valence electrons. The highest BCUT2D eigenvalue weighted by atomic mass is 19.4. The van der Waals surface area contributed by atoms with E-state index < -0.39 is 35.6 Å². The molecule has 0 N–H and O–H groups in total. The third kappa shape index (κ3) is 4.25. The van der Waals surface area contributed by atoms with E-state index in [0.717, 1.165) is 4.80 Å². The van der Waals surface area contributed by atoms with Crippen LogP contribution in [0.15, 0.2) is 43.0 Å². The van der Waals surface area contributed by atoms with E-state index in [1.165, 1.54) is 35.5 Å². The molecule has 0 aliphatic carbocycles. The lowest BCUT2D eigenvalue weighted by Gasteiger charge is -2.39. The summed E-state index contributed by atoms with van der Waals surface area (Å²) in [4.78, 5) is 23.2. The molecule has 0 spiro atoms. The molecule has 2 atom stereocenters. The van der Waals surface area contributed by atoms with Gasteiger partial charge in [0.25, 0.3) is 5.91 Å². The zero-order valence-electron chi connectivity index (χ0n) is 16.8. The maximum atomic E-state index is 14.7. The van der Waals surface area contributed by atoms with Crippen molar-refractivity contribution < 1.29 is 27.1 Å². The number of alkyl halides is 3. The number of carbonyl (C=O) groups is 1. The average molecular weight is 450 g/mol. The molecule has 1 fully saturated rings. The van der Waals surface area contributed by atoms with Gasteiger partial charge in [-0.05, 0) is 31.9 Å². The van der Waals surface area contributed by atoms with Gasteiger partial charge < -0.3 is 9.64 Å². The van der Waals surface area contributed by atoms with Gasteiger partial charge in [0.05, 0.1) is 24.0 Å². The predicted molar refractivity (Wildman–Crippen MR) is 102 cm³/mol. The van der Waals surface area contributed by atoms with Gasteiger partial charge in [-0.2, -0.15) is 28.2 Å². The van der Waals surface area contributed by atoms with Crippen molar-refractivity contribution in [2.24, 2.45) is 0 Å². The third-order valence-electron chi connectivity index (χ3n) is 5.23. The summed E-state index contributed by atoms with van der Waals surface area (Å²) in [5.74, 6) is -1.28. The summed E-state index contributed by atoms with van der Waals surface area (Å²) in [5, 5.41) is 7.95. The van der Waals surface area contributed by atoms with Gasteiger partial charge in [0, 0.05) is 18.9 Å². The lowest BCUT2D eigenvalue weighted by atomic mass is 9.98. The van der Waals surface area contributed by atoms with Crippen molar-refractivity contribution in [3.05, 3.63) is 59.9 Å². The number of hydrogen-bond donors (Lipinski definition) is 0. The van der Waals surface area contributed by atoms with Crippen molar-refractivity contribution in [2.45, 2.75) is 38.1 Å². The van der Waals surface area contributed by atoms with Gasteiger partial charge in [0.1, 0.15) is 23.2 Å². The molecule has 0 unspecified atom stereocenters. The summed E-state index contributed by atoms with van der Waals surface area (Å²) in [6, 6.07) is 3.43. The number of carbonyl (C=O) groups excluding carboxylic acids is 1. The van der Waals surface area contributed by atoms with Gasteiger partial charge >= 0.3 is 12.2 Å². The number of hydrogen-bond acceptors (Lipinski definition) is 6. The Balaban J connectivity index is 1.55. The number of amides is 1. The SMILES string of the molecule is C[C@H]1[C@H](Oc2ncc(C(F)(F)F)cn2)CCCN1C(=O)c1c(F)cccc1-n1nccn1. The van der Waals surface area contributed by atoms with E-state index in [4.69, 9.17) is 4.74 Å². The number of halogens is 4. The number of rotatable bonds is 4. The minimum Gasteiger partial charge on any atom is -0.458 e. The zero-order valence-corrected chi connectivity index (χ0v) is 16.8. The van der Waals surface area contributed by atoms with Gasteiger partial charge in [-0.25, -0.2) is 14.4 Å². The molecule has 4 rings (SSSR count). The summed E-state index contributed by atoms with van der Waals surface area (Å²) in [7, 11) is 0. The number of nitrogens with zero attached hydrogens (tertiary/aromatic N) is 6. The minimum atomic E-state index is -4.55. The summed E-state index contributed by atoms with van der Waals surface area (Å²) >= 11 is 0. The average Bonchev–Trinajstić information content (AvgIpc) is 3.29. The van der Waals surface area contributed by atoms with E-state index in [1.807, 2.05) is 0 Å². The first-order chi connectivity index (χ1) is 15.3. The first kappa shape index (κ1) is 21.7. The van der Waals surface area contributed by atoms with Crippen LogP contribution >= 0.6 is 0 Å². The number of aromatic nitrogens is 5. The fourth-order valence-corrected chi connectivity index (χ4v) is 3.59. The molecule has 0 radical (unpaired) electrons. The summed E-state index contributed by atoms with van der Waals surface area (Å²) in [5.41, 5.74) is -0.971. The van der Waals surface area contributed by atoms with Crippen LogP contribution in [0.4, 0.5) is 17.6 Å². The van der Waals surface area contributed by atoms with Crippen LogP contribution in [0.2, 0.25) is 0 Å². The van der Waals surface area contributed by atoms with Gasteiger partial charge in [-0.15, -0.1) is 0 Å². The summed E-state index contributed by atoms with van der Waals surface area (Å²) < 4.78 is 58.5. The van der Waals surface area contributed by atoms with E-state index in [1.54, 1.807) is 6.92 Å². The third-order valence-corrected chi connectivity index (χ3v) is 5.23. The second-order valence-electron chi connectivity index (χ2n) is 7.24. The topological polar surface area (TPSA) is 86.0 Å². The Kier molecular flexibility index (Phi) is 5.76. The van der Waals surface area contributed by atoms with E-state index in [-0.39, 0.29) is 17.3 Å². The van der Waals surface area contributed by atoms with E-state index in [0.29, 0.717) is 31.8 Å². The van der Waals surface area contributed by atoms with Crippen LogP contribution in [-0.4, -0.2) is 54.5 Å². The van der Waals surface area contributed by atoms with Gasteiger partial charge in [0.2, 0.25) is 0 Å². The first-order valence-corrected chi connectivity index (χ1v) is 9.78. The Morgan fingerprint density at radius 1 is 1.16 bits per heavy atom. The van der Waals surface area contributed by atoms with Crippen molar-refractivity contribution in [3.63, 3.8) is 0 Å². The maximum Gasteiger partial charge on any atom is 0.419 e. The highest BCUT2D eigenvalue weighted by Gasteiger charge is 2.36. The van der Waals surface area contributed by atoms with Crippen molar-refractivity contribution in [1.29, 1.82) is 0 Å². The Hall–Kier alpha value is -3.57. The van der Waals surface area contributed by atoms with E-state index >= 15 is 0 Å². The number of ether oxygens (including phenoxy) is 1. The molecule has 1 amide bonds. The second-order valence-corrected chi connectivity index (χ2v) is 7.24. The van der Waals surface area contributed by atoms with Crippen LogP contribution in [0.1, 0.15) is 35.7 Å². The summed E-state index contributed by atoms with van der Waals surface area (Å²) in [6.07, 6.45) is 0.0462. The lowest BCUT2D eigenvalue weighted by molar-refractivity contribution is -0.138. The molecular formula is C20H18F4N6O2. The molecule has 3 heterocycles. The molecule has 1 aliphatic rings. The fourth-order valence-electron chi connectivity index (χ4n) is 3.59. The van der Waals surface area contributed by atoms with Gasteiger partial charge in [-0.3, -0.25) is 4.79 Å². The van der Waals surface area contributed by atoms with E-state index in [2.05, 4.69) is 20.2 Å². The minimum absolute atomic E-state index is 0.179. The highest BCUT2D eigenvalue weighted by molar-refractivity contribution is 5.98. The van der Waals surface area contributed by atoms with Crippen LogP contribution in [-0.2, 0) is 6.18 Å². The first-order valence-electron chi connectivity index (χ1n) is 9.78. The van der Waals surface area contributed by atoms with Crippen molar-refractivity contribution in [2.75, 3.05) is 6.54 Å². The highest BCUT2D eigenvalue weighted by Crippen LogP contribution is 2.29. The Labute approximate surface area is 179 Å². The molecule has 1 aliphatic heterocycles. The predicted octanol–water partition coefficient (Wildman–Crippen LogP) is 3.29. The molecule has 32 heavy (non-hydrogen) atoms. The van der Waals surface area contributed by atoms with Crippen molar-refractivity contribution in [1.82, 2.24) is 29.9 Å². The molecule has 1 aromatic carbocycles. The Morgan fingerprint density at radius 3 is 2.50 bits per heavy atom. The second kappa shape index (κ2) is 8.52. The van der Waals surface area contributed by atoms with Crippen molar-refractivity contribution in [3.8, 4) is 11.7 Å². The van der Waals surface area contributed by atoms with Crippen LogP contribution in [0.5, 0.6) is 6.01 Å². The van der Waals surface area contributed by atoms with Crippen LogP contribution in [0.3, 0.4) is 0 Å². The smallest absolute Gasteiger partial charge is 0.419 e.